The van der Waals surface area contributed by atoms with Crippen LogP contribution in [0, 0.1) is 0 Å². The molecule has 1 fully saturated rings. The largest absolute Gasteiger partial charge is 0.480 e. The molecule has 0 aromatic rings. The number of sulfonamides is 1. The normalized spacial score (nSPS) is 18.1. The van der Waals surface area contributed by atoms with Gasteiger partial charge in [-0.05, 0) is 0 Å². The molecule has 2 N–H and O–H groups in total. The molecule has 1 aliphatic heterocycles. The maximum Gasteiger partial charge on any atom is 0.328 e. The van der Waals surface area contributed by atoms with E-state index in [1.165, 1.54) is 11.4 Å². The van der Waals surface area contributed by atoms with Gasteiger partial charge in [0, 0.05) is 26.6 Å². The van der Waals surface area contributed by atoms with Gasteiger partial charge in [0.2, 0.25) is 15.9 Å². The van der Waals surface area contributed by atoms with Crippen LogP contribution in [0.5, 0.6) is 0 Å². The quantitative estimate of drug-likeness (QED) is 0.543. The van der Waals surface area contributed by atoms with E-state index in [0.717, 1.165) is 0 Å². The van der Waals surface area contributed by atoms with Crippen LogP contribution in [0.3, 0.4) is 0 Å². The molecule has 1 rings (SSSR count). The van der Waals surface area contributed by atoms with Crippen molar-refractivity contribution in [2.75, 3.05) is 45.8 Å². The molecule has 122 valence electrons. The van der Waals surface area contributed by atoms with Gasteiger partial charge in [0.1, 0.15) is 0 Å². The number of hydrogen-bond donors (Lipinski definition) is 2. The molecule has 1 aliphatic rings. The average Bonchev–Trinajstić information content (AvgIpc) is 2.45. The number of carboxylic acids is 1. The van der Waals surface area contributed by atoms with Gasteiger partial charge in [-0.15, -0.1) is 0 Å². The van der Waals surface area contributed by atoms with Crippen molar-refractivity contribution >= 4 is 21.9 Å². The van der Waals surface area contributed by atoms with Gasteiger partial charge in [-0.25, -0.2) is 13.2 Å². The summed E-state index contributed by atoms with van der Waals surface area (Å²) < 4.78 is 35.0. The van der Waals surface area contributed by atoms with Gasteiger partial charge in [-0.3, -0.25) is 4.79 Å². The van der Waals surface area contributed by atoms with E-state index >= 15 is 0 Å². The Morgan fingerprint density at radius 3 is 2.52 bits per heavy atom. The number of ether oxygens (including phenoxy) is 2. The lowest BCUT2D eigenvalue weighted by Crippen LogP contribution is -2.45. The van der Waals surface area contributed by atoms with Crippen molar-refractivity contribution in [3.8, 4) is 0 Å². The molecule has 0 saturated carbocycles. The van der Waals surface area contributed by atoms with Crippen LogP contribution < -0.4 is 5.32 Å². The van der Waals surface area contributed by atoms with E-state index < -0.39 is 27.9 Å². The van der Waals surface area contributed by atoms with Crippen LogP contribution in [0.15, 0.2) is 0 Å². The molecule has 1 atom stereocenters. The van der Waals surface area contributed by atoms with Crippen LogP contribution in [0.25, 0.3) is 0 Å². The molecule has 0 bridgehead atoms. The Kier molecular flexibility index (Phi) is 7.02. The lowest BCUT2D eigenvalue weighted by molar-refractivity contribution is -0.143. The first-order chi connectivity index (χ1) is 9.86. The zero-order valence-electron chi connectivity index (χ0n) is 11.8. The van der Waals surface area contributed by atoms with E-state index in [2.05, 4.69) is 10.1 Å². The summed E-state index contributed by atoms with van der Waals surface area (Å²) in [6.45, 7) is 1.02. The van der Waals surface area contributed by atoms with E-state index in [1.54, 1.807) is 0 Å². The van der Waals surface area contributed by atoms with Crippen molar-refractivity contribution in [1.82, 2.24) is 9.62 Å². The Hall–Kier alpha value is -1.23. The number of carboxylic acid groups (broad SMARTS) is 1. The highest BCUT2D eigenvalue weighted by molar-refractivity contribution is 7.89. The van der Waals surface area contributed by atoms with Gasteiger partial charge < -0.3 is 19.9 Å². The summed E-state index contributed by atoms with van der Waals surface area (Å²) in [5.41, 5.74) is 0. The Labute approximate surface area is 123 Å². The van der Waals surface area contributed by atoms with E-state index in [-0.39, 0.29) is 31.9 Å². The molecule has 1 unspecified atom stereocenters. The predicted octanol–water partition coefficient (Wildman–Crippen LogP) is -1.75. The molecule has 9 nitrogen and oxygen atoms in total. The fraction of sp³-hybridized carbons (Fsp3) is 0.818. The maximum atomic E-state index is 12.0. The average molecular weight is 324 g/mol. The van der Waals surface area contributed by atoms with Gasteiger partial charge >= 0.3 is 5.97 Å². The number of carbonyl (C=O) groups is 2. The van der Waals surface area contributed by atoms with Crippen molar-refractivity contribution in [3.63, 3.8) is 0 Å². The highest BCUT2D eigenvalue weighted by Gasteiger charge is 2.26. The van der Waals surface area contributed by atoms with Gasteiger partial charge in [-0.2, -0.15) is 4.31 Å². The molecular formula is C11H20N2O7S. The molecule has 1 saturated heterocycles. The van der Waals surface area contributed by atoms with Crippen molar-refractivity contribution in [2.45, 2.75) is 12.5 Å². The topological polar surface area (TPSA) is 122 Å². The summed E-state index contributed by atoms with van der Waals surface area (Å²) >= 11 is 0. The molecule has 0 aromatic carbocycles. The van der Waals surface area contributed by atoms with Crippen LogP contribution in [0.2, 0.25) is 0 Å². The lowest BCUT2D eigenvalue weighted by atomic mass is 10.3. The molecule has 1 amide bonds. The molecule has 0 aliphatic carbocycles. The number of hydrogen-bond acceptors (Lipinski definition) is 6. The number of rotatable bonds is 8. The SMILES string of the molecule is COCC(NC(=O)CCS(=O)(=O)N1CCOCC1)C(=O)O. The summed E-state index contributed by atoms with van der Waals surface area (Å²) in [5.74, 6) is -2.24. The van der Waals surface area contributed by atoms with Crippen molar-refractivity contribution in [1.29, 1.82) is 0 Å². The highest BCUT2D eigenvalue weighted by atomic mass is 32.2. The lowest BCUT2D eigenvalue weighted by Gasteiger charge is -2.26. The third kappa shape index (κ3) is 5.96. The Bertz CT molecular complexity index is 459. The molecule has 10 heteroatoms. The molecular weight excluding hydrogens is 304 g/mol. The Morgan fingerprint density at radius 1 is 1.38 bits per heavy atom. The van der Waals surface area contributed by atoms with Crippen LogP contribution in [0.4, 0.5) is 0 Å². The van der Waals surface area contributed by atoms with Crippen molar-refractivity contribution in [2.24, 2.45) is 0 Å². The highest BCUT2D eigenvalue weighted by Crippen LogP contribution is 2.07. The Balaban J connectivity index is 2.45. The minimum absolute atomic E-state index is 0.183. The number of aliphatic carboxylic acids is 1. The number of methoxy groups -OCH3 is 1. The van der Waals surface area contributed by atoms with Gasteiger partial charge in [0.25, 0.3) is 0 Å². The fourth-order valence-electron chi connectivity index (χ4n) is 1.78. The second-order valence-electron chi connectivity index (χ2n) is 4.49. The third-order valence-electron chi connectivity index (χ3n) is 2.92. The molecule has 0 radical (unpaired) electrons. The standard InChI is InChI=1S/C11H20N2O7S/c1-19-8-9(11(15)16)12-10(14)2-7-21(17,18)13-3-5-20-6-4-13/h9H,2-8H2,1H3,(H,12,14)(H,15,16). The third-order valence-corrected chi connectivity index (χ3v) is 4.79. The summed E-state index contributed by atoms with van der Waals surface area (Å²) in [5, 5.41) is 11.1. The van der Waals surface area contributed by atoms with E-state index in [1.807, 2.05) is 0 Å². The predicted molar refractivity (Wildman–Crippen MR) is 72.2 cm³/mol. The summed E-state index contributed by atoms with van der Waals surface area (Å²) in [7, 11) is -2.22. The van der Waals surface area contributed by atoms with Crippen LogP contribution in [0.1, 0.15) is 6.42 Å². The summed E-state index contributed by atoms with van der Waals surface area (Å²) in [6.07, 6.45) is -0.298. The fourth-order valence-corrected chi connectivity index (χ4v) is 3.19. The summed E-state index contributed by atoms with van der Waals surface area (Å²) in [4.78, 5) is 22.5. The number of morpholine rings is 1. The monoisotopic (exact) mass is 324 g/mol. The first-order valence-electron chi connectivity index (χ1n) is 6.43. The van der Waals surface area contributed by atoms with Crippen LogP contribution in [-0.4, -0.2) is 81.5 Å². The van der Waals surface area contributed by atoms with Crippen molar-refractivity contribution < 1.29 is 32.6 Å². The molecule has 21 heavy (non-hydrogen) atoms. The molecule has 1 heterocycles. The zero-order valence-corrected chi connectivity index (χ0v) is 12.6. The number of amides is 1. The van der Waals surface area contributed by atoms with Gasteiger partial charge in [-0.1, -0.05) is 0 Å². The summed E-state index contributed by atoms with van der Waals surface area (Å²) in [6, 6.07) is -1.19. The second-order valence-corrected chi connectivity index (χ2v) is 6.58. The van der Waals surface area contributed by atoms with E-state index in [0.29, 0.717) is 13.2 Å². The van der Waals surface area contributed by atoms with Crippen LogP contribution in [-0.2, 0) is 29.1 Å². The molecule has 0 spiro atoms. The van der Waals surface area contributed by atoms with Gasteiger partial charge in [0.05, 0.1) is 25.6 Å². The minimum Gasteiger partial charge on any atom is -0.480 e. The van der Waals surface area contributed by atoms with Crippen LogP contribution >= 0.6 is 0 Å². The zero-order chi connectivity index (χ0) is 15.9. The smallest absolute Gasteiger partial charge is 0.328 e. The number of nitrogens with zero attached hydrogens (tertiary/aromatic N) is 1. The minimum atomic E-state index is -3.53. The first kappa shape index (κ1) is 17.8. The number of carbonyl (C=O) groups excluding carboxylic acids is 1. The Morgan fingerprint density at radius 2 is 2.00 bits per heavy atom. The first-order valence-corrected chi connectivity index (χ1v) is 8.04. The molecule has 0 aromatic heterocycles. The van der Waals surface area contributed by atoms with Crippen molar-refractivity contribution in [3.05, 3.63) is 0 Å². The van der Waals surface area contributed by atoms with E-state index in [4.69, 9.17) is 9.84 Å². The number of nitrogens with one attached hydrogen (secondary N) is 1. The maximum absolute atomic E-state index is 12.0. The second kappa shape index (κ2) is 8.27. The van der Waals surface area contributed by atoms with E-state index in [9.17, 15) is 18.0 Å². The van der Waals surface area contributed by atoms with Gasteiger partial charge in [0.15, 0.2) is 6.04 Å².